The number of carboxylic acids is 1. The van der Waals surface area contributed by atoms with Crippen LogP contribution in [0.1, 0.15) is 30.6 Å². The minimum atomic E-state index is -3.68. The van der Waals surface area contributed by atoms with E-state index in [9.17, 15) is 18.0 Å². The summed E-state index contributed by atoms with van der Waals surface area (Å²) in [7, 11) is -2.43. The zero-order valence-corrected chi connectivity index (χ0v) is 13.3. The molecule has 0 aliphatic rings. The molecule has 3 N–H and O–H groups in total. The molecule has 0 bridgehead atoms. The van der Waals surface area contributed by atoms with Gasteiger partial charge in [0, 0.05) is 6.20 Å². The van der Waals surface area contributed by atoms with E-state index in [1.54, 1.807) is 0 Å². The molecule has 1 aromatic rings. The van der Waals surface area contributed by atoms with Gasteiger partial charge >= 0.3 is 5.97 Å². The summed E-state index contributed by atoms with van der Waals surface area (Å²) in [4.78, 5) is 26.8. The van der Waals surface area contributed by atoms with E-state index >= 15 is 0 Å². The Morgan fingerprint density at radius 2 is 1.95 bits per heavy atom. The van der Waals surface area contributed by atoms with Crippen LogP contribution < -0.4 is 10.0 Å². The number of carbonyl (C=O) groups is 2. The van der Waals surface area contributed by atoms with Gasteiger partial charge in [-0.25, -0.2) is 22.9 Å². The highest BCUT2D eigenvalue weighted by molar-refractivity contribution is 7.89. The van der Waals surface area contributed by atoms with Crippen LogP contribution in [0.25, 0.3) is 0 Å². The van der Waals surface area contributed by atoms with E-state index in [2.05, 4.69) is 15.0 Å². The molecule has 1 heterocycles. The highest BCUT2D eigenvalue weighted by Crippen LogP contribution is 2.09. The van der Waals surface area contributed by atoms with Gasteiger partial charge in [0.2, 0.25) is 0 Å². The Morgan fingerprint density at radius 1 is 1.32 bits per heavy atom. The zero-order chi connectivity index (χ0) is 16.9. The average molecular weight is 329 g/mol. The third-order valence-corrected chi connectivity index (χ3v) is 4.18. The van der Waals surface area contributed by atoms with Crippen LogP contribution in [0.4, 0.5) is 0 Å². The van der Waals surface area contributed by atoms with Crippen LogP contribution >= 0.6 is 0 Å². The van der Waals surface area contributed by atoms with Gasteiger partial charge in [-0.2, -0.15) is 0 Å². The molecule has 8 nitrogen and oxygen atoms in total. The SMILES string of the molecule is CNS(=O)(=O)c1ccc(C(=O)N[C@H](CC(C)C)C(=O)O)cn1. The zero-order valence-electron chi connectivity index (χ0n) is 12.5. The predicted molar refractivity (Wildman–Crippen MR) is 78.8 cm³/mol. The van der Waals surface area contributed by atoms with Crippen molar-refractivity contribution in [3.05, 3.63) is 23.9 Å². The number of hydrogen-bond donors (Lipinski definition) is 3. The highest BCUT2D eigenvalue weighted by Gasteiger charge is 2.22. The lowest BCUT2D eigenvalue weighted by Gasteiger charge is -2.16. The molecule has 1 rings (SSSR count). The molecule has 9 heteroatoms. The minimum absolute atomic E-state index is 0.0880. The number of hydrogen-bond acceptors (Lipinski definition) is 5. The van der Waals surface area contributed by atoms with E-state index in [-0.39, 0.29) is 16.5 Å². The van der Waals surface area contributed by atoms with E-state index < -0.39 is 27.9 Å². The summed E-state index contributed by atoms with van der Waals surface area (Å²) < 4.78 is 25.1. The van der Waals surface area contributed by atoms with Crippen LogP contribution in [0.5, 0.6) is 0 Å². The van der Waals surface area contributed by atoms with Crippen molar-refractivity contribution >= 4 is 21.9 Å². The van der Waals surface area contributed by atoms with Crippen LogP contribution in [0.2, 0.25) is 0 Å². The topological polar surface area (TPSA) is 125 Å². The molecule has 1 atom stereocenters. The number of nitrogens with one attached hydrogen (secondary N) is 2. The fourth-order valence-electron chi connectivity index (χ4n) is 1.71. The van der Waals surface area contributed by atoms with Crippen LogP contribution in [-0.4, -0.2) is 43.5 Å². The van der Waals surface area contributed by atoms with Gasteiger partial charge in [-0.1, -0.05) is 13.8 Å². The van der Waals surface area contributed by atoms with Crippen molar-refractivity contribution < 1.29 is 23.1 Å². The number of amides is 1. The summed E-state index contributed by atoms with van der Waals surface area (Å²) in [6.07, 6.45) is 1.38. The summed E-state index contributed by atoms with van der Waals surface area (Å²) in [5, 5.41) is 11.3. The van der Waals surface area contributed by atoms with Crippen molar-refractivity contribution in [2.75, 3.05) is 7.05 Å². The number of aliphatic carboxylic acids is 1. The van der Waals surface area contributed by atoms with Gasteiger partial charge in [0.25, 0.3) is 15.9 Å². The fourth-order valence-corrected chi connectivity index (χ4v) is 2.36. The molecule has 0 saturated heterocycles. The molecule has 0 radical (unpaired) electrons. The molecule has 0 aliphatic carbocycles. The number of rotatable bonds is 7. The van der Waals surface area contributed by atoms with Crippen LogP contribution in [-0.2, 0) is 14.8 Å². The largest absolute Gasteiger partial charge is 0.480 e. The molecule has 22 heavy (non-hydrogen) atoms. The first-order chi connectivity index (χ1) is 10.2. The third kappa shape index (κ3) is 4.78. The Hall–Kier alpha value is -2.00. The van der Waals surface area contributed by atoms with E-state index in [0.717, 1.165) is 6.20 Å². The Kier molecular flexibility index (Phi) is 6.01. The standard InChI is InChI=1S/C13H19N3O5S/c1-8(2)6-10(13(18)19)16-12(17)9-4-5-11(15-7-9)22(20,21)14-3/h4-5,7-8,10,14H,6H2,1-3H3,(H,16,17)(H,18,19)/t10-/m1/s1. The molecule has 0 aromatic carbocycles. The summed E-state index contributed by atoms with van der Waals surface area (Å²) >= 11 is 0. The Labute approximate surface area is 129 Å². The van der Waals surface area contributed by atoms with Crippen molar-refractivity contribution in [3.8, 4) is 0 Å². The summed E-state index contributed by atoms with van der Waals surface area (Å²) in [6, 6.07) is 1.45. The predicted octanol–water partition coefficient (Wildman–Crippen LogP) is 0.219. The van der Waals surface area contributed by atoms with Gasteiger partial charge < -0.3 is 10.4 Å². The third-order valence-electron chi connectivity index (χ3n) is 2.85. The van der Waals surface area contributed by atoms with Crippen molar-refractivity contribution in [3.63, 3.8) is 0 Å². The van der Waals surface area contributed by atoms with Crippen LogP contribution in [0.3, 0.4) is 0 Å². The minimum Gasteiger partial charge on any atom is -0.480 e. The lowest BCUT2D eigenvalue weighted by molar-refractivity contribution is -0.139. The maximum absolute atomic E-state index is 12.0. The lowest BCUT2D eigenvalue weighted by Crippen LogP contribution is -2.41. The maximum Gasteiger partial charge on any atom is 0.326 e. The lowest BCUT2D eigenvalue weighted by atomic mass is 10.0. The van der Waals surface area contributed by atoms with Gasteiger partial charge in [-0.15, -0.1) is 0 Å². The Morgan fingerprint density at radius 3 is 2.36 bits per heavy atom. The number of nitrogens with zero attached hydrogens (tertiary/aromatic N) is 1. The van der Waals surface area contributed by atoms with E-state index in [0.29, 0.717) is 6.42 Å². The second kappa shape index (κ2) is 7.32. The molecular weight excluding hydrogens is 310 g/mol. The summed E-state index contributed by atoms with van der Waals surface area (Å²) in [5.74, 6) is -1.64. The van der Waals surface area contributed by atoms with E-state index in [4.69, 9.17) is 5.11 Å². The smallest absolute Gasteiger partial charge is 0.326 e. The monoisotopic (exact) mass is 329 g/mol. The molecule has 0 aliphatic heterocycles. The van der Waals surface area contributed by atoms with Crippen LogP contribution in [0.15, 0.2) is 23.4 Å². The Bertz CT molecular complexity index is 640. The molecule has 0 fully saturated rings. The molecular formula is C13H19N3O5S. The first kappa shape index (κ1) is 18.1. The van der Waals surface area contributed by atoms with Gasteiger partial charge in [-0.3, -0.25) is 4.79 Å². The number of carbonyl (C=O) groups excluding carboxylic acids is 1. The van der Waals surface area contributed by atoms with Crippen molar-refractivity contribution in [1.29, 1.82) is 0 Å². The summed E-state index contributed by atoms with van der Waals surface area (Å²) in [6.45, 7) is 3.70. The fraction of sp³-hybridized carbons (Fsp3) is 0.462. The normalized spacial score (nSPS) is 12.9. The van der Waals surface area contributed by atoms with E-state index in [1.165, 1.54) is 19.2 Å². The molecule has 0 spiro atoms. The number of carboxylic acid groups (broad SMARTS) is 1. The van der Waals surface area contributed by atoms with E-state index in [1.807, 2.05) is 13.8 Å². The molecule has 1 aromatic heterocycles. The average Bonchev–Trinajstić information content (AvgIpc) is 2.46. The van der Waals surface area contributed by atoms with Crippen molar-refractivity contribution in [2.24, 2.45) is 5.92 Å². The molecule has 0 saturated carbocycles. The van der Waals surface area contributed by atoms with Gasteiger partial charge in [0.05, 0.1) is 5.56 Å². The number of aromatic nitrogens is 1. The first-order valence-corrected chi connectivity index (χ1v) is 8.09. The molecule has 0 unspecified atom stereocenters. The number of sulfonamides is 1. The van der Waals surface area contributed by atoms with Crippen molar-refractivity contribution in [1.82, 2.24) is 15.0 Å². The Balaban J connectivity index is 2.88. The molecule has 1 amide bonds. The number of pyridine rings is 1. The highest BCUT2D eigenvalue weighted by atomic mass is 32.2. The van der Waals surface area contributed by atoms with Crippen molar-refractivity contribution in [2.45, 2.75) is 31.3 Å². The van der Waals surface area contributed by atoms with Gasteiger partial charge in [0.1, 0.15) is 6.04 Å². The second-order valence-corrected chi connectivity index (χ2v) is 6.92. The summed E-state index contributed by atoms with van der Waals surface area (Å²) in [5.41, 5.74) is 0.0880. The maximum atomic E-state index is 12.0. The first-order valence-electron chi connectivity index (χ1n) is 6.60. The quantitative estimate of drug-likeness (QED) is 0.657. The van der Waals surface area contributed by atoms with Gasteiger partial charge in [-0.05, 0) is 31.5 Å². The van der Waals surface area contributed by atoms with Gasteiger partial charge in [0.15, 0.2) is 5.03 Å². The van der Waals surface area contributed by atoms with Crippen LogP contribution in [0, 0.1) is 5.92 Å². The molecule has 122 valence electrons. The second-order valence-electron chi connectivity index (χ2n) is 5.09.